The van der Waals surface area contributed by atoms with Crippen LogP contribution in [-0.4, -0.2) is 54.9 Å². The van der Waals surface area contributed by atoms with Crippen molar-refractivity contribution in [1.82, 2.24) is 14.5 Å². The quantitative estimate of drug-likeness (QED) is 0.636. The van der Waals surface area contributed by atoms with Gasteiger partial charge in [-0.1, -0.05) is 6.92 Å². The van der Waals surface area contributed by atoms with Gasteiger partial charge in [-0.15, -0.1) is 0 Å². The first-order chi connectivity index (χ1) is 12.4. The second kappa shape index (κ2) is 7.48. The van der Waals surface area contributed by atoms with Gasteiger partial charge in [0.15, 0.2) is 0 Å². The molecule has 1 aromatic heterocycles. The molecule has 9 nitrogen and oxygen atoms in total. The van der Waals surface area contributed by atoms with Gasteiger partial charge in [0.2, 0.25) is 5.96 Å². The van der Waals surface area contributed by atoms with Gasteiger partial charge in [-0.2, -0.15) is 22.4 Å². The molecule has 0 radical (unpaired) electrons. The molecule has 0 amide bonds. The number of anilines is 1. The zero-order chi connectivity index (χ0) is 20.5. The Balaban J connectivity index is 2.26. The number of guanidine groups is 1. The van der Waals surface area contributed by atoms with Crippen molar-refractivity contribution in [2.45, 2.75) is 32.1 Å². The average molecular weight is 410 g/mol. The van der Waals surface area contributed by atoms with Crippen LogP contribution in [0.25, 0.3) is 0 Å². The lowest BCUT2D eigenvalue weighted by Gasteiger charge is -2.32. The van der Waals surface area contributed by atoms with E-state index in [0.29, 0.717) is 5.69 Å². The highest BCUT2D eigenvalue weighted by Crippen LogP contribution is 2.36. The van der Waals surface area contributed by atoms with Crippen LogP contribution >= 0.6 is 0 Å². The fraction of sp³-hybridized carbons (Fsp3) is 0.571. The molecular formula is C14H21F3N6O3S. The van der Waals surface area contributed by atoms with Gasteiger partial charge in [0.05, 0.1) is 35.5 Å². The van der Waals surface area contributed by atoms with Crippen LogP contribution in [0.15, 0.2) is 23.0 Å². The van der Waals surface area contributed by atoms with E-state index in [2.05, 4.69) is 20.7 Å². The van der Waals surface area contributed by atoms with Crippen LogP contribution in [-0.2, 0) is 14.8 Å². The summed E-state index contributed by atoms with van der Waals surface area (Å²) in [6.07, 6.45) is -2.77. The van der Waals surface area contributed by atoms with Gasteiger partial charge in [0.1, 0.15) is 5.66 Å². The summed E-state index contributed by atoms with van der Waals surface area (Å²) in [6.45, 7) is 3.02. The zero-order valence-electron chi connectivity index (χ0n) is 15.0. The number of nitrogens with one attached hydrogen (secondary N) is 2. The molecule has 2 heterocycles. The second-order valence-electron chi connectivity index (χ2n) is 5.87. The minimum Gasteiger partial charge on any atom is -0.384 e. The van der Waals surface area contributed by atoms with Crippen LogP contribution in [0.2, 0.25) is 0 Å². The van der Waals surface area contributed by atoms with Gasteiger partial charge in [0, 0.05) is 13.3 Å². The number of methoxy groups -OCH3 is 1. The molecule has 0 saturated heterocycles. The monoisotopic (exact) mass is 410 g/mol. The Kier molecular flexibility index (Phi) is 5.87. The summed E-state index contributed by atoms with van der Waals surface area (Å²) in [4.78, 5) is 3.91. The molecule has 27 heavy (non-hydrogen) atoms. The summed E-state index contributed by atoms with van der Waals surface area (Å²) in [7, 11) is -2.35. The van der Waals surface area contributed by atoms with E-state index in [0.717, 1.165) is 10.3 Å². The van der Waals surface area contributed by atoms with Gasteiger partial charge in [-0.3, -0.25) is 0 Å². The van der Waals surface area contributed by atoms with E-state index < -0.39 is 27.4 Å². The lowest BCUT2D eigenvalue weighted by Crippen LogP contribution is -2.51. The number of halogens is 3. The lowest BCUT2D eigenvalue weighted by atomic mass is 9.97. The summed E-state index contributed by atoms with van der Waals surface area (Å²) in [5.74, 6) is -0.327. The topological polar surface area (TPSA) is 124 Å². The van der Waals surface area contributed by atoms with Crippen LogP contribution in [0.1, 0.15) is 19.0 Å². The molecule has 0 spiro atoms. The maximum absolute atomic E-state index is 13.1. The van der Waals surface area contributed by atoms with Gasteiger partial charge < -0.3 is 21.1 Å². The smallest absolute Gasteiger partial charge is 0.384 e. The molecular weight excluding hydrogens is 389 g/mol. The van der Waals surface area contributed by atoms with Crippen LogP contribution in [0.4, 0.5) is 18.9 Å². The van der Waals surface area contributed by atoms with E-state index in [1.165, 1.54) is 20.2 Å². The molecule has 2 rings (SSSR count). The first kappa shape index (κ1) is 21.2. The Morgan fingerprint density at radius 2 is 2.11 bits per heavy atom. The summed E-state index contributed by atoms with van der Waals surface area (Å²) in [5.41, 5.74) is 3.42. The van der Waals surface area contributed by atoms with Crippen LogP contribution in [0.5, 0.6) is 0 Å². The summed E-state index contributed by atoms with van der Waals surface area (Å²) >= 11 is 0. The van der Waals surface area contributed by atoms with Crippen LogP contribution in [0.3, 0.4) is 0 Å². The zero-order valence-corrected chi connectivity index (χ0v) is 15.8. The maximum Gasteiger partial charge on any atom is 0.417 e. The van der Waals surface area contributed by atoms with Crippen LogP contribution in [0, 0.1) is 6.92 Å². The minimum atomic E-state index is -4.64. The molecule has 1 atom stereocenters. The highest BCUT2D eigenvalue weighted by molar-refractivity contribution is 7.89. The molecule has 13 heteroatoms. The van der Waals surface area contributed by atoms with Crippen molar-refractivity contribution < 1.29 is 26.3 Å². The van der Waals surface area contributed by atoms with Crippen molar-refractivity contribution in [3.05, 3.63) is 23.7 Å². The fourth-order valence-corrected chi connectivity index (χ4v) is 3.40. The fourth-order valence-electron chi connectivity index (χ4n) is 2.33. The van der Waals surface area contributed by atoms with E-state index in [4.69, 9.17) is 10.5 Å². The standard InChI is InChI=1S/C14H21F3N6O3S/c1-4-13(18)11(14(15,16)17)7-19-12(21-13)20-10-8-23(22-9(10)2)27(24,25)6-5-26-3/h7-8H,4-6,18H2,1-3H3,(H2,19,20,21). The molecule has 152 valence electrons. The largest absolute Gasteiger partial charge is 0.417 e. The SMILES string of the molecule is CCC1(N)N=C(Nc2cn(S(=O)(=O)CCOC)nc2C)NC=C1C(F)(F)F. The number of ether oxygens (including phenoxy) is 1. The highest BCUT2D eigenvalue weighted by Gasteiger charge is 2.47. The number of rotatable bonds is 6. The number of hydrogen-bond donors (Lipinski definition) is 3. The Labute approximate surface area is 154 Å². The van der Waals surface area contributed by atoms with E-state index in [1.54, 1.807) is 6.92 Å². The number of aromatic nitrogens is 2. The Morgan fingerprint density at radius 1 is 1.44 bits per heavy atom. The predicted octanol–water partition coefficient (Wildman–Crippen LogP) is 0.898. The average Bonchev–Trinajstić information content (AvgIpc) is 2.93. The van der Waals surface area contributed by atoms with Gasteiger partial charge in [-0.05, 0) is 13.3 Å². The molecule has 1 aromatic rings. The van der Waals surface area contributed by atoms with Gasteiger partial charge in [0.25, 0.3) is 10.0 Å². The number of alkyl halides is 3. The van der Waals surface area contributed by atoms with Crippen molar-refractivity contribution in [3.63, 3.8) is 0 Å². The molecule has 4 N–H and O–H groups in total. The maximum atomic E-state index is 13.1. The van der Waals surface area contributed by atoms with Gasteiger partial charge in [-0.25, -0.2) is 13.4 Å². The van der Waals surface area contributed by atoms with Gasteiger partial charge >= 0.3 is 6.18 Å². The Hall–Kier alpha value is -2.12. The van der Waals surface area contributed by atoms with E-state index >= 15 is 0 Å². The third kappa shape index (κ3) is 4.59. The summed E-state index contributed by atoms with van der Waals surface area (Å²) in [5, 5.41) is 9.03. The van der Waals surface area contributed by atoms with Crippen molar-refractivity contribution in [1.29, 1.82) is 0 Å². The molecule has 0 fully saturated rings. The lowest BCUT2D eigenvalue weighted by molar-refractivity contribution is -0.101. The third-order valence-electron chi connectivity index (χ3n) is 3.94. The number of hydrogen-bond acceptors (Lipinski definition) is 8. The second-order valence-corrected chi connectivity index (χ2v) is 7.82. The summed E-state index contributed by atoms with van der Waals surface area (Å²) < 4.78 is 69.1. The van der Waals surface area contributed by atoms with Crippen LogP contribution < -0.4 is 16.4 Å². The van der Waals surface area contributed by atoms with E-state index in [-0.39, 0.29) is 30.4 Å². The Morgan fingerprint density at radius 3 is 2.67 bits per heavy atom. The number of aliphatic imine (C=N–C) groups is 1. The van der Waals surface area contributed by atoms with E-state index in [1.807, 2.05) is 0 Å². The molecule has 1 unspecified atom stereocenters. The molecule has 1 aliphatic heterocycles. The number of nitrogens with zero attached hydrogens (tertiary/aromatic N) is 3. The van der Waals surface area contributed by atoms with Crippen molar-refractivity contribution in [2.24, 2.45) is 10.7 Å². The molecule has 0 aliphatic carbocycles. The molecule has 0 aromatic carbocycles. The predicted molar refractivity (Wildman–Crippen MR) is 93.6 cm³/mol. The summed E-state index contributed by atoms with van der Waals surface area (Å²) in [6, 6.07) is 0. The molecule has 1 aliphatic rings. The molecule has 0 bridgehead atoms. The Bertz CT molecular complexity index is 862. The van der Waals surface area contributed by atoms with Crippen molar-refractivity contribution >= 4 is 21.7 Å². The first-order valence-corrected chi connectivity index (χ1v) is 9.52. The van der Waals surface area contributed by atoms with Crippen molar-refractivity contribution in [2.75, 3.05) is 24.8 Å². The number of nitrogens with two attached hydrogens (primary N) is 1. The van der Waals surface area contributed by atoms with E-state index in [9.17, 15) is 21.6 Å². The minimum absolute atomic E-state index is 0.00449. The number of aryl methyl sites for hydroxylation is 1. The van der Waals surface area contributed by atoms with Crippen molar-refractivity contribution in [3.8, 4) is 0 Å². The first-order valence-electron chi connectivity index (χ1n) is 7.91. The molecule has 0 saturated carbocycles. The highest BCUT2D eigenvalue weighted by atomic mass is 32.2. The third-order valence-corrected chi connectivity index (χ3v) is 5.38. The normalized spacial score (nSPS) is 20.7.